The van der Waals surface area contributed by atoms with Gasteiger partial charge in [-0.2, -0.15) is 13.2 Å². The van der Waals surface area contributed by atoms with Gasteiger partial charge in [-0.1, -0.05) is 32.0 Å². The average molecular weight is 445 g/mol. The summed E-state index contributed by atoms with van der Waals surface area (Å²) in [5.41, 5.74) is 2.29. The van der Waals surface area contributed by atoms with Crippen LogP contribution in [-0.2, 0) is 23.8 Å². The summed E-state index contributed by atoms with van der Waals surface area (Å²) in [5.74, 6) is -0.207. The second-order valence-electron chi connectivity index (χ2n) is 8.54. The number of benzene rings is 2. The zero-order valence-corrected chi connectivity index (χ0v) is 18.1. The predicted octanol–water partition coefficient (Wildman–Crippen LogP) is 5.53. The summed E-state index contributed by atoms with van der Waals surface area (Å²) in [6, 6.07) is 8.98. The minimum absolute atomic E-state index is 0.151. The number of aliphatic hydroxyl groups excluding tert-OH is 1. The van der Waals surface area contributed by atoms with Gasteiger partial charge in [0.15, 0.2) is 0 Å². The Balaban J connectivity index is 1.68. The number of carbonyl (C=O) groups excluding carboxylic acids is 1. The van der Waals surface area contributed by atoms with Gasteiger partial charge < -0.3 is 15.2 Å². The first-order valence-electron chi connectivity index (χ1n) is 10.8. The largest absolute Gasteiger partial charge is 0.486 e. The van der Waals surface area contributed by atoms with Crippen LogP contribution in [0.25, 0.3) is 5.57 Å². The molecule has 170 valence electrons. The van der Waals surface area contributed by atoms with E-state index in [-0.39, 0.29) is 11.7 Å². The Labute approximate surface area is 185 Å². The molecule has 2 N–H and O–H groups in total. The van der Waals surface area contributed by atoms with Crippen molar-refractivity contribution in [1.29, 1.82) is 0 Å². The average Bonchev–Trinajstić information content (AvgIpc) is 3.13. The van der Waals surface area contributed by atoms with Gasteiger partial charge in [-0.05, 0) is 54.2 Å². The molecular formula is C25H26F3NO3. The lowest BCUT2D eigenvalue weighted by atomic mass is 9.83. The molecule has 2 aromatic carbocycles. The molecular weight excluding hydrogens is 419 g/mol. The van der Waals surface area contributed by atoms with Crippen LogP contribution in [0.5, 0.6) is 5.75 Å². The first kappa shape index (κ1) is 22.4. The number of nitrogens with one attached hydrogen (secondary N) is 1. The standard InChI is InChI=1S/C25H26F3NO3/c1-3-24(4-2)14-16(19-9-8-17(25(26,27)28)12-22(19)32-24)11-23(31)29-21-7-5-6-15-10-18(30)13-20(15)21/h5-9,11-12,18,30H,3-4,10,13-14H2,1-2H3,(H,29,31)/b16-11+. The predicted molar refractivity (Wildman–Crippen MR) is 116 cm³/mol. The lowest BCUT2D eigenvalue weighted by molar-refractivity contribution is -0.137. The fourth-order valence-corrected chi connectivity index (χ4v) is 4.61. The molecule has 1 aliphatic heterocycles. The number of fused-ring (bicyclic) bond motifs is 2. The van der Waals surface area contributed by atoms with E-state index in [4.69, 9.17) is 4.74 Å². The lowest BCUT2D eigenvalue weighted by Crippen LogP contribution is -2.38. The van der Waals surface area contributed by atoms with Gasteiger partial charge in [-0.3, -0.25) is 4.79 Å². The fraction of sp³-hybridized carbons (Fsp3) is 0.400. The van der Waals surface area contributed by atoms with Crippen molar-refractivity contribution in [2.45, 2.75) is 63.8 Å². The number of alkyl halides is 3. The van der Waals surface area contributed by atoms with Crippen LogP contribution in [0.15, 0.2) is 42.5 Å². The van der Waals surface area contributed by atoms with Crippen molar-refractivity contribution in [2.24, 2.45) is 0 Å². The third-order valence-electron chi connectivity index (χ3n) is 6.51. The summed E-state index contributed by atoms with van der Waals surface area (Å²) in [5, 5.41) is 12.8. The van der Waals surface area contributed by atoms with Crippen molar-refractivity contribution < 1.29 is 27.8 Å². The van der Waals surface area contributed by atoms with Gasteiger partial charge in [0.2, 0.25) is 5.91 Å². The molecule has 0 fully saturated rings. The van der Waals surface area contributed by atoms with Gasteiger partial charge in [-0.25, -0.2) is 0 Å². The Hall–Kier alpha value is -2.80. The summed E-state index contributed by atoms with van der Waals surface area (Å²) >= 11 is 0. The normalized spacial score (nSPS) is 20.4. The Morgan fingerprint density at radius 3 is 2.66 bits per heavy atom. The number of ether oxygens (including phenoxy) is 1. The molecule has 7 heteroatoms. The summed E-state index contributed by atoms with van der Waals surface area (Å²) in [4.78, 5) is 12.9. The van der Waals surface area contributed by atoms with Crippen molar-refractivity contribution >= 4 is 17.2 Å². The Morgan fingerprint density at radius 2 is 1.97 bits per heavy atom. The van der Waals surface area contributed by atoms with E-state index in [0.717, 1.165) is 23.3 Å². The molecule has 1 aliphatic carbocycles. The Bertz CT molecular complexity index is 1070. The molecule has 1 heterocycles. The lowest BCUT2D eigenvalue weighted by Gasteiger charge is -2.39. The number of halogens is 3. The third-order valence-corrected chi connectivity index (χ3v) is 6.51. The topological polar surface area (TPSA) is 58.6 Å². The number of anilines is 1. The van der Waals surface area contributed by atoms with Crippen molar-refractivity contribution in [2.75, 3.05) is 5.32 Å². The number of carbonyl (C=O) groups is 1. The van der Waals surface area contributed by atoms with Gasteiger partial charge in [0.1, 0.15) is 11.4 Å². The Morgan fingerprint density at radius 1 is 1.22 bits per heavy atom. The van der Waals surface area contributed by atoms with E-state index in [1.165, 1.54) is 12.1 Å². The monoisotopic (exact) mass is 445 g/mol. The van der Waals surface area contributed by atoms with Crippen molar-refractivity contribution in [1.82, 2.24) is 0 Å². The van der Waals surface area contributed by atoms with Gasteiger partial charge in [0, 0.05) is 30.2 Å². The van der Waals surface area contributed by atoms with Gasteiger partial charge in [0.25, 0.3) is 0 Å². The zero-order valence-electron chi connectivity index (χ0n) is 18.1. The number of amides is 1. The highest BCUT2D eigenvalue weighted by atomic mass is 19.4. The van der Waals surface area contributed by atoms with Crippen LogP contribution in [0.1, 0.15) is 55.4 Å². The van der Waals surface area contributed by atoms with Gasteiger partial charge in [-0.15, -0.1) is 0 Å². The van der Waals surface area contributed by atoms with Crippen LogP contribution in [0.3, 0.4) is 0 Å². The minimum atomic E-state index is -4.48. The van der Waals surface area contributed by atoms with E-state index >= 15 is 0 Å². The van der Waals surface area contributed by atoms with E-state index in [1.54, 1.807) is 6.07 Å². The molecule has 0 saturated heterocycles. The van der Waals surface area contributed by atoms with Gasteiger partial charge >= 0.3 is 6.18 Å². The second kappa shape index (κ2) is 8.28. The highest BCUT2D eigenvalue weighted by Crippen LogP contribution is 2.45. The first-order valence-corrected chi connectivity index (χ1v) is 10.8. The SMILES string of the molecule is CCC1(CC)C/C(=C\C(=O)Nc2cccc3c2CC(O)C3)c2ccc(C(F)(F)F)cc2O1. The summed E-state index contributed by atoms with van der Waals surface area (Å²) in [6.45, 7) is 3.86. The zero-order chi connectivity index (χ0) is 23.1. The van der Waals surface area contributed by atoms with Crippen molar-refractivity contribution in [3.05, 3.63) is 64.7 Å². The molecule has 4 rings (SSSR count). The maximum absolute atomic E-state index is 13.2. The van der Waals surface area contributed by atoms with Gasteiger partial charge in [0.05, 0.1) is 11.7 Å². The van der Waals surface area contributed by atoms with Crippen LogP contribution in [0, 0.1) is 0 Å². The maximum Gasteiger partial charge on any atom is 0.416 e. The van der Waals surface area contributed by atoms with Crippen LogP contribution in [-0.4, -0.2) is 22.7 Å². The van der Waals surface area contributed by atoms with Crippen LogP contribution >= 0.6 is 0 Å². The fourth-order valence-electron chi connectivity index (χ4n) is 4.61. The van der Waals surface area contributed by atoms with E-state index in [2.05, 4.69) is 5.32 Å². The smallest absolute Gasteiger partial charge is 0.416 e. The number of hydrogen-bond acceptors (Lipinski definition) is 3. The molecule has 1 unspecified atom stereocenters. The molecule has 0 saturated carbocycles. The highest BCUT2D eigenvalue weighted by Gasteiger charge is 2.38. The molecule has 1 atom stereocenters. The van der Waals surface area contributed by atoms with Crippen molar-refractivity contribution in [3.8, 4) is 5.75 Å². The second-order valence-corrected chi connectivity index (χ2v) is 8.54. The molecule has 32 heavy (non-hydrogen) atoms. The summed E-state index contributed by atoms with van der Waals surface area (Å²) in [6.07, 6.45) is -0.811. The molecule has 2 aromatic rings. The molecule has 2 aliphatic rings. The van der Waals surface area contributed by atoms with E-state index in [1.807, 2.05) is 26.0 Å². The third kappa shape index (κ3) is 4.26. The number of aliphatic hydroxyl groups is 1. The summed E-state index contributed by atoms with van der Waals surface area (Å²) < 4.78 is 45.8. The molecule has 0 aromatic heterocycles. The molecule has 0 radical (unpaired) electrons. The molecule has 1 amide bonds. The van der Waals surface area contributed by atoms with E-state index in [0.29, 0.717) is 48.9 Å². The van der Waals surface area contributed by atoms with Crippen LogP contribution < -0.4 is 10.1 Å². The maximum atomic E-state index is 13.2. The first-order chi connectivity index (χ1) is 15.1. The minimum Gasteiger partial charge on any atom is -0.486 e. The number of hydrogen-bond donors (Lipinski definition) is 2. The van der Waals surface area contributed by atoms with E-state index in [9.17, 15) is 23.1 Å². The van der Waals surface area contributed by atoms with Crippen LogP contribution in [0.2, 0.25) is 0 Å². The quantitative estimate of drug-likeness (QED) is 0.609. The summed E-state index contributed by atoms with van der Waals surface area (Å²) in [7, 11) is 0. The highest BCUT2D eigenvalue weighted by molar-refractivity contribution is 6.05. The van der Waals surface area contributed by atoms with E-state index < -0.39 is 23.4 Å². The molecule has 4 nitrogen and oxygen atoms in total. The number of rotatable bonds is 4. The van der Waals surface area contributed by atoms with Crippen molar-refractivity contribution in [3.63, 3.8) is 0 Å². The Kier molecular flexibility index (Phi) is 5.79. The van der Waals surface area contributed by atoms with Crippen LogP contribution in [0.4, 0.5) is 18.9 Å². The molecule has 0 spiro atoms. The molecule has 0 bridgehead atoms.